The smallest absolute Gasteiger partial charge is 0.444 e. The summed E-state index contributed by atoms with van der Waals surface area (Å²) in [5, 5.41) is 19.0. The Morgan fingerprint density at radius 1 is 1.43 bits per heavy atom. The topological polar surface area (TPSA) is 88.0 Å². The first-order valence-corrected chi connectivity index (χ1v) is 4.26. The van der Waals surface area contributed by atoms with E-state index in [4.69, 9.17) is 14.8 Å². The predicted molar refractivity (Wildman–Crippen MR) is 50.4 cm³/mol. The number of alkyl carbamates (subject to hydrolysis) is 1. The molecule has 1 amide bonds. The first-order chi connectivity index (χ1) is 6.31. The van der Waals surface area contributed by atoms with Gasteiger partial charge in [0, 0.05) is 6.54 Å². The van der Waals surface area contributed by atoms with E-state index in [1.807, 2.05) is 0 Å². The highest BCUT2D eigenvalue weighted by Gasteiger charge is 2.15. The second kappa shape index (κ2) is 5.84. The van der Waals surface area contributed by atoms with Crippen molar-refractivity contribution in [3.8, 4) is 0 Å². The molecular formula is C7H16BNO5. The van der Waals surface area contributed by atoms with E-state index in [2.05, 4.69) is 9.97 Å². The van der Waals surface area contributed by atoms with Gasteiger partial charge in [-0.2, -0.15) is 0 Å². The van der Waals surface area contributed by atoms with Crippen LogP contribution < -0.4 is 5.32 Å². The Hall–Kier alpha value is -0.785. The van der Waals surface area contributed by atoms with Crippen LogP contribution in [0, 0.1) is 0 Å². The summed E-state index contributed by atoms with van der Waals surface area (Å²) >= 11 is 0. The van der Waals surface area contributed by atoms with Gasteiger partial charge in [0.2, 0.25) is 0 Å². The normalized spacial score (nSPS) is 10.9. The molecule has 0 atom stereocenters. The molecule has 0 saturated carbocycles. The van der Waals surface area contributed by atoms with E-state index in [0.29, 0.717) is 0 Å². The standard InChI is InChI=1S/C7H16BNO5/c1-7(2,3)14-6(10)9-4-5-13-8(11)12/h11-12H,4-5H2,1-3H3,(H,9,10). The summed E-state index contributed by atoms with van der Waals surface area (Å²) in [4.78, 5) is 11.0. The van der Waals surface area contributed by atoms with Crippen molar-refractivity contribution in [2.24, 2.45) is 0 Å². The first-order valence-electron chi connectivity index (χ1n) is 4.26. The Labute approximate surface area is 83.4 Å². The molecular weight excluding hydrogens is 189 g/mol. The molecule has 0 aliphatic heterocycles. The van der Waals surface area contributed by atoms with Crippen molar-refractivity contribution in [1.29, 1.82) is 0 Å². The molecule has 14 heavy (non-hydrogen) atoms. The summed E-state index contributed by atoms with van der Waals surface area (Å²) in [6.07, 6.45) is -0.562. The van der Waals surface area contributed by atoms with Gasteiger partial charge < -0.3 is 24.8 Å². The Bertz CT molecular complexity index is 179. The fourth-order valence-electron chi connectivity index (χ4n) is 0.632. The van der Waals surface area contributed by atoms with Crippen LogP contribution in [0.2, 0.25) is 0 Å². The molecule has 0 radical (unpaired) electrons. The molecule has 0 aromatic carbocycles. The molecule has 0 spiro atoms. The molecule has 0 heterocycles. The van der Waals surface area contributed by atoms with Crippen molar-refractivity contribution in [1.82, 2.24) is 5.32 Å². The third kappa shape index (κ3) is 9.30. The summed E-state index contributed by atoms with van der Waals surface area (Å²) in [6, 6.07) is 0. The molecule has 82 valence electrons. The Kier molecular flexibility index (Phi) is 5.52. The number of hydrogen-bond donors (Lipinski definition) is 3. The van der Waals surface area contributed by atoms with E-state index in [-0.39, 0.29) is 13.2 Å². The summed E-state index contributed by atoms with van der Waals surface area (Å²) in [7, 11) is -1.81. The van der Waals surface area contributed by atoms with Gasteiger partial charge in [-0.05, 0) is 20.8 Å². The van der Waals surface area contributed by atoms with Gasteiger partial charge in [-0.3, -0.25) is 0 Å². The maximum atomic E-state index is 11.0. The molecule has 0 rings (SSSR count). The molecule has 0 saturated heterocycles. The van der Waals surface area contributed by atoms with Gasteiger partial charge in [0.15, 0.2) is 0 Å². The largest absolute Gasteiger partial charge is 0.633 e. The minimum absolute atomic E-state index is 0.0108. The van der Waals surface area contributed by atoms with E-state index < -0.39 is 19.0 Å². The number of rotatable bonds is 4. The monoisotopic (exact) mass is 205 g/mol. The van der Waals surface area contributed by atoms with Crippen molar-refractivity contribution < 1.29 is 24.2 Å². The number of hydrogen-bond acceptors (Lipinski definition) is 5. The highest BCUT2D eigenvalue weighted by atomic mass is 16.6. The fourth-order valence-corrected chi connectivity index (χ4v) is 0.632. The lowest BCUT2D eigenvalue weighted by Gasteiger charge is -2.19. The summed E-state index contributed by atoms with van der Waals surface area (Å²) in [5.74, 6) is 0. The number of nitrogens with one attached hydrogen (secondary N) is 1. The number of carbonyl (C=O) groups is 1. The lowest BCUT2D eigenvalue weighted by atomic mass is 10.2. The van der Waals surface area contributed by atoms with Crippen LogP contribution in [-0.2, 0) is 9.39 Å². The Morgan fingerprint density at radius 3 is 2.43 bits per heavy atom. The zero-order chi connectivity index (χ0) is 11.2. The maximum Gasteiger partial charge on any atom is 0.633 e. The summed E-state index contributed by atoms with van der Waals surface area (Å²) in [6.45, 7) is 5.42. The van der Waals surface area contributed by atoms with Crippen LogP contribution in [0.25, 0.3) is 0 Å². The van der Waals surface area contributed by atoms with E-state index in [9.17, 15) is 4.79 Å². The Morgan fingerprint density at radius 2 is 2.00 bits per heavy atom. The third-order valence-electron chi connectivity index (χ3n) is 1.04. The van der Waals surface area contributed by atoms with Gasteiger partial charge in [0.1, 0.15) is 5.60 Å². The highest BCUT2D eigenvalue weighted by Crippen LogP contribution is 2.05. The molecule has 0 aliphatic rings. The first kappa shape index (κ1) is 13.2. The van der Waals surface area contributed by atoms with Crippen molar-refractivity contribution in [2.45, 2.75) is 26.4 Å². The van der Waals surface area contributed by atoms with Crippen LogP contribution in [0.15, 0.2) is 0 Å². The molecule has 0 bridgehead atoms. The van der Waals surface area contributed by atoms with Gasteiger partial charge >= 0.3 is 13.4 Å². The van der Waals surface area contributed by atoms with E-state index in [1.165, 1.54) is 0 Å². The lowest BCUT2D eigenvalue weighted by Crippen LogP contribution is -2.35. The van der Waals surface area contributed by atoms with Crippen LogP contribution in [-0.4, -0.2) is 42.2 Å². The molecule has 0 unspecified atom stereocenters. The summed E-state index contributed by atoms with van der Waals surface area (Å²) < 4.78 is 9.28. The third-order valence-corrected chi connectivity index (χ3v) is 1.04. The van der Waals surface area contributed by atoms with Crippen LogP contribution >= 0.6 is 0 Å². The van der Waals surface area contributed by atoms with Gasteiger partial charge in [0.05, 0.1) is 6.61 Å². The minimum atomic E-state index is -1.81. The molecule has 7 heteroatoms. The zero-order valence-corrected chi connectivity index (χ0v) is 8.61. The van der Waals surface area contributed by atoms with Crippen molar-refractivity contribution in [3.63, 3.8) is 0 Å². The Balaban J connectivity index is 3.46. The zero-order valence-electron chi connectivity index (χ0n) is 8.61. The number of carbonyl (C=O) groups excluding carboxylic acids is 1. The van der Waals surface area contributed by atoms with Gasteiger partial charge in [-0.15, -0.1) is 0 Å². The second-order valence-electron chi connectivity index (χ2n) is 3.63. The van der Waals surface area contributed by atoms with Gasteiger partial charge in [0.25, 0.3) is 0 Å². The number of amides is 1. The highest BCUT2D eigenvalue weighted by molar-refractivity contribution is 6.32. The van der Waals surface area contributed by atoms with E-state index >= 15 is 0 Å². The van der Waals surface area contributed by atoms with Crippen LogP contribution in [0.3, 0.4) is 0 Å². The SMILES string of the molecule is CC(C)(C)OC(=O)NCCOB(O)O. The quantitative estimate of drug-likeness (QED) is 0.425. The van der Waals surface area contributed by atoms with Crippen molar-refractivity contribution in [3.05, 3.63) is 0 Å². The van der Waals surface area contributed by atoms with Crippen molar-refractivity contribution >= 4 is 13.4 Å². The molecule has 3 N–H and O–H groups in total. The fraction of sp³-hybridized carbons (Fsp3) is 0.857. The minimum Gasteiger partial charge on any atom is -0.444 e. The van der Waals surface area contributed by atoms with Crippen LogP contribution in [0.1, 0.15) is 20.8 Å². The van der Waals surface area contributed by atoms with Crippen LogP contribution in [0.4, 0.5) is 4.79 Å². The lowest BCUT2D eigenvalue weighted by molar-refractivity contribution is 0.0514. The average molecular weight is 205 g/mol. The second-order valence-corrected chi connectivity index (χ2v) is 3.63. The van der Waals surface area contributed by atoms with Crippen LogP contribution in [0.5, 0.6) is 0 Å². The molecule has 6 nitrogen and oxygen atoms in total. The average Bonchev–Trinajstić information content (AvgIpc) is 1.94. The molecule has 0 aliphatic carbocycles. The molecule has 0 fully saturated rings. The summed E-state index contributed by atoms with van der Waals surface area (Å²) in [5.41, 5.74) is -0.540. The molecule has 0 aromatic heterocycles. The molecule has 0 aromatic rings. The van der Waals surface area contributed by atoms with Gasteiger partial charge in [-0.25, -0.2) is 4.79 Å². The van der Waals surface area contributed by atoms with E-state index in [0.717, 1.165) is 0 Å². The predicted octanol–water partition coefficient (Wildman–Crippen LogP) is -0.503. The maximum absolute atomic E-state index is 11.0. The van der Waals surface area contributed by atoms with Crippen molar-refractivity contribution in [2.75, 3.05) is 13.2 Å². The van der Waals surface area contributed by atoms with Gasteiger partial charge in [-0.1, -0.05) is 0 Å². The van der Waals surface area contributed by atoms with E-state index in [1.54, 1.807) is 20.8 Å². The number of ether oxygens (including phenoxy) is 1.